The lowest BCUT2D eigenvalue weighted by Gasteiger charge is -2.12. The number of carbonyl (C=O) groups is 2. The van der Waals surface area contributed by atoms with Crippen LogP contribution in [0.25, 0.3) is 0 Å². The normalized spacial score (nSPS) is 10.6. The Labute approximate surface area is 233 Å². The molecule has 7 nitrogen and oxygen atoms in total. The molecule has 39 heavy (non-hydrogen) atoms. The fraction of sp³-hybridized carbons (Fsp3) is 0.419. The first kappa shape index (κ1) is 33.8. The van der Waals surface area contributed by atoms with Crippen LogP contribution in [0, 0.1) is 0 Å². The van der Waals surface area contributed by atoms with Gasteiger partial charge in [0.1, 0.15) is 17.3 Å². The van der Waals surface area contributed by atoms with Gasteiger partial charge in [0, 0.05) is 17.2 Å². The van der Waals surface area contributed by atoms with E-state index in [4.69, 9.17) is 14.0 Å². The van der Waals surface area contributed by atoms with E-state index in [1.807, 2.05) is 6.07 Å². The SMILES string of the molecule is C=CC(=O)Oc1ccccc1.C=CC(=O)c1ccc(OCCCCCCCCCCCC)c(CS(=O)(=O)O)c1. The monoisotopic (exact) mass is 558 g/mol. The van der Waals surface area contributed by atoms with Crippen molar-refractivity contribution >= 4 is 21.9 Å². The molecule has 0 aliphatic rings. The molecule has 0 bridgehead atoms. The molecule has 0 spiro atoms. The maximum atomic E-state index is 11.7. The van der Waals surface area contributed by atoms with Crippen LogP contribution in [0.3, 0.4) is 0 Å². The third-order valence-electron chi connectivity index (χ3n) is 5.75. The molecule has 2 rings (SSSR count). The first-order valence-electron chi connectivity index (χ1n) is 13.5. The van der Waals surface area contributed by atoms with Crippen molar-refractivity contribution in [2.75, 3.05) is 6.61 Å². The number of para-hydroxylation sites is 1. The van der Waals surface area contributed by atoms with E-state index >= 15 is 0 Å². The maximum Gasteiger partial charge on any atom is 0.335 e. The predicted octanol–water partition coefficient (Wildman–Crippen LogP) is 7.52. The van der Waals surface area contributed by atoms with Gasteiger partial charge in [0.05, 0.1) is 6.61 Å². The Bertz CT molecular complexity index is 1120. The van der Waals surface area contributed by atoms with Gasteiger partial charge in [-0.2, -0.15) is 8.42 Å². The van der Waals surface area contributed by atoms with Crippen molar-refractivity contribution < 1.29 is 32.0 Å². The van der Waals surface area contributed by atoms with Crippen molar-refractivity contribution in [3.8, 4) is 11.5 Å². The summed E-state index contributed by atoms with van der Waals surface area (Å²) in [5.74, 6) is -0.404. The van der Waals surface area contributed by atoms with Crippen molar-refractivity contribution in [1.29, 1.82) is 0 Å². The highest BCUT2D eigenvalue weighted by Crippen LogP contribution is 2.23. The van der Waals surface area contributed by atoms with Crippen molar-refractivity contribution in [3.63, 3.8) is 0 Å². The van der Waals surface area contributed by atoms with Crippen molar-refractivity contribution in [2.45, 2.75) is 76.9 Å². The number of unbranched alkanes of at least 4 members (excludes halogenated alkanes) is 9. The smallest absolute Gasteiger partial charge is 0.335 e. The third kappa shape index (κ3) is 16.4. The Hall–Kier alpha value is -3.23. The Morgan fingerprint density at radius 1 is 0.846 bits per heavy atom. The molecule has 0 amide bonds. The van der Waals surface area contributed by atoms with E-state index in [-0.39, 0.29) is 11.3 Å². The molecule has 0 heterocycles. The van der Waals surface area contributed by atoms with Gasteiger partial charge < -0.3 is 9.47 Å². The second kappa shape index (κ2) is 19.8. The number of rotatable bonds is 18. The zero-order valence-corrected chi connectivity index (χ0v) is 23.8. The second-order valence-corrected chi connectivity index (χ2v) is 10.5. The van der Waals surface area contributed by atoms with E-state index < -0.39 is 21.8 Å². The first-order valence-corrected chi connectivity index (χ1v) is 15.1. The number of benzene rings is 2. The summed E-state index contributed by atoms with van der Waals surface area (Å²) in [5, 5.41) is 0. The molecule has 0 radical (unpaired) electrons. The zero-order chi connectivity index (χ0) is 28.9. The van der Waals surface area contributed by atoms with Crippen LogP contribution in [0.4, 0.5) is 0 Å². The van der Waals surface area contributed by atoms with Gasteiger partial charge in [0.2, 0.25) is 0 Å². The van der Waals surface area contributed by atoms with Crippen LogP contribution in [-0.4, -0.2) is 31.3 Å². The molecular formula is C31H42O7S. The first-order chi connectivity index (χ1) is 18.7. The quantitative estimate of drug-likeness (QED) is 0.0503. The van der Waals surface area contributed by atoms with Gasteiger partial charge >= 0.3 is 5.97 Å². The molecule has 0 aliphatic carbocycles. The number of hydrogen-bond donors (Lipinski definition) is 1. The maximum absolute atomic E-state index is 11.7. The summed E-state index contributed by atoms with van der Waals surface area (Å²) in [4.78, 5) is 22.4. The molecule has 0 fully saturated rings. The highest BCUT2D eigenvalue weighted by Gasteiger charge is 2.15. The summed E-state index contributed by atoms with van der Waals surface area (Å²) in [7, 11) is -4.22. The highest BCUT2D eigenvalue weighted by atomic mass is 32.2. The molecule has 1 N–H and O–H groups in total. The summed E-state index contributed by atoms with van der Waals surface area (Å²) in [6.45, 7) is 9.41. The molecule has 0 aliphatic heterocycles. The van der Waals surface area contributed by atoms with Crippen LogP contribution in [-0.2, 0) is 20.7 Å². The minimum atomic E-state index is -4.22. The standard InChI is InChI=1S/C22H34O5S.C9H8O2/c1-3-5-6-7-8-9-10-11-12-13-16-27-22-15-14-19(21(23)4-2)17-20(22)18-28(24,25)26;1-2-9(10)11-8-6-4-3-5-7-8/h4,14-15,17H,2-3,5-13,16,18H2,1H3,(H,24,25,26);2-7H,1H2. The van der Waals surface area contributed by atoms with Crippen LogP contribution >= 0.6 is 0 Å². The lowest BCUT2D eigenvalue weighted by atomic mass is 10.1. The molecule has 0 saturated carbocycles. The highest BCUT2D eigenvalue weighted by molar-refractivity contribution is 7.85. The number of allylic oxidation sites excluding steroid dienone is 1. The van der Waals surface area contributed by atoms with Gasteiger partial charge in [-0.1, -0.05) is 96.1 Å². The topological polar surface area (TPSA) is 107 Å². The summed E-state index contributed by atoms with van der Waals surface area (Å²) in [6, 6.07) is 13.5. The number of ketones is 1. The fourth-order valence-electron chi connectivity index (χ4n) is 3.72. The van der Waals surface area contributed by atoms with Crippen LogP contribution in [0.15, 0.2) is 73.8 Å². The van der Waals surface area contributed by atoms with Gasteiger partial charge in [-0.3, -0.25) is 9.35 Å². The van der Waals surface area contributed by atoms with Crippen LogP contribution in [0.5, 0.6) is 11.5 Å². The third-order valence-corrected chi connectivity index (χ3v) is 6.43. The van der Waals surface area contributed by atoms with E-state index in [0.29, 0.717) is 23.7 Å². The zero-order valence-electron chi connectivity index (χ0n) is 23.0. The van der Waals surface area contributed by atoms with E-state index in [9.17, 15) is 18.0 Å². The Morgan fingerprint density at radius 2 is 1.44 bits per heavy atom. The van der Waals surface area contributed by atoms with Crippen molar-refractivity contribution in [3.05, 3.63) is 85.0 Å². The van der Waals surface area contributed by atoms with E-state index in [1.54, 1.807) is 36.4 Å². The second-order valence-electron chi connectivity index (χ2n) is 9.09. The molecular weight excluding hydrogens is 516 g/mol. The molecule has 0 aromatic heterocycles. The molecule has 8 heteroatoms. The van der Waals surface area contributed by atoms with E-state index in [0.717, 1.165) is 25.0 Å². The Kier molecular flexibility index (Phi) is 17.1. The largest absolute Gasteiger partial charge is 0.493 e. The molecule has 2 aromatic carbocycles. The number of carbonyl (C=O) groups excluding carboxylic acids is 2. The summed E-state index contributed by atoms with van der Waals surface area (Å²) in [5.41, 5.74) is 0.599. The van der Waals surface area contributed by atoms with Crippen molar-refractivity contribution in [1.82, 2.24) is 0 Å². The van der Waals surface area contributed by atoms with Crippen LogP contribution in [0.1, 0.15) is 87.1 Å². The van der Waals surface area contributed by atoms with Gasteiger partial charge in [0.15, 0.2) is 5.78 Å². The number of esters is 1. The van der Waals surface area contributed by atoms with Crippen LogP contribution in [0.2, 0.25) is 0 Å². The van der Waals surface area contributed by atoms with Gasteiger partial charge in [0.25, 0.3) is 10.1 Å². The number of hydrogen-bond acceptors (Lipinski definition) is 6. The molecule has 214 valence electrons. The lowest BCUT2D eigenvalue weighted by molar-refractivity contribution is -0.128. The Morgan fingerprint density at radius 3 is 1.97 bits per heavy atom. The summed E-state index contributed by atoms with van der Waals surface area (Å²) in [6.07, 6.45) is 14.5. The average molecular weight is 559 g/mol. The molecule has 0 saturated heterocycles. The summed E-state index contributed by atoms with van der Waals surface area (Å²) >= 11 is 0. The average Bonchev–Trinajstić information content (AvgIpc) is 2.92. The van der Waals surface area contributed by atoms with Gasteiger partial charge in [-0.25, -0.2) is 4.79 Å². The fourth-order valence-corrected chi connectivity index (χ4v) is 4.34. The van der Waals surface area contributed by atoms with E-state index in [2.05, 4.69) is 20.1 Å². The molecule has 0 unspecified atom stereocenters. The van der Waals surface area contributed by atoms with Gasteiger partial charge in [-0.15, -0.1) is 0 Å². The minimum absolute atomic E-state index is 0.280. The Balaban J connectivity index is 0.000000573. The number of ether oxygens (including phenoxy) is 2. The minimum Gasteiger partial charge on any atom is -0.493 e. The molecule has 0 atom stereocenters. The molecule has 2 aromatic rings. The van der Waals surface area contributed by atoms with E-state index in [1.165, 1.54) is 57.4 Å². The predicted molar refractivity (Wildman–Crippen MR) is 156 cm³/mol. The lowest BCUT2D eigenvalue weighted by Crippen LogP contribution is -2.07. The van der Waals surface area contributed by atoms with Crippen molar-refractivity contribution in [2.24, 2.45) is 0 Å². The van der Waals surface area contributed by atoms with Crippen LogP contribution < -0.4 is 9.47 Å². The van der Waals surface area contributed by atoms with Gasteiger partial charge in [-0.05, 0) is 42.8 Å². The summed E-state index contributed by atoms with van der Waals surface area (Å²) < 4.78 is 42.2.